The van der Waals surface area contributed by atoms with Crippen LogP contribution in [0.4, 0.5) is 6.01 Å². The number of anilines is 1. The molecule has 1 aromatic heterocycles. The van der Waals surface area contributed by atoms with Gasteiger partial charge in [0.15, 0.2) is 5.58 Å². The van der Waals surface area contributed by atoms with Crippen molar-refractivity contribution in [2.24, 2.45) is 0 Å². The first-order chi connectivity index (χ1) is 9.72. The van der Waals surface area contributed by atoms with Crippen LogP contribution in [0, 0.1) is 0 Å². The molecule has 20 heavy (non-hydrogen) atoms. The first kappa shape index (κ1) is 12.9. The number of carboxylic acids is 1. The molecule has 1 aliphatic carbocycles. The van der Waals surface area contributed by atoms with Gasteiger partial charge in [0.25, 0.3) is 6.01 Å². The van der Waals surface area contributed by atoms with Crippen molar-refractivity contribution in [3.63, 3.8) is 0 Å². The second-order valence-electron chi connectivity index (χ2n) is 5.02. The van der Waals surface area contributed by atoms with Gasteiger partial charge in [-0.2, -0.15) is 4.98 Å². The molecule has 0 bridgehead atoms. The maximum Gasteiger partial charge on any atom is 0.335 e. The van der Waals surface area contributed by atoms with Crippen molar-refractivity contribution in [3.8, 4) is 0 Å². The second kappa shape index (κ2) is 5.50. The fraction of sp³-hybridized carbons (Fsp3) is 0.429. The van der Waals surface area contributed by atoms with Gasteiger partial charge in [0.2, 0.25) is 0 Å². The summed E-state index contributed by atoms with van der Waals surface area (Å²) in [5.74, 6) is -0.969. The Labute approximate surface area is 116 Å². The van der Waals surface area contributed by atoms with Crippen molar-refractivity contribution in [2.45, 2.75) is 25.3 Å². The van der Waals surface area contributed by atoms with Crippen molar-refractivity contribution in [2.75, 3.05) is 18.4 Å². The lowest BCUT2D eigenvalue weighted by Crippen LogP contribution is -2.19. The Balaban J connectivity index is 1.55. The van der Waals surface area contributed by atoms with Gasteiger partial charge in [-0.25, -0.2) is 4.79 Å². The van der Waals surface area contributed by atoms with Gasteiger partial charge >= 0.3 is 5.97 Å². The van der Waals surface area contributed by atoms with Crippen molar-refractivity contribution in [1.82, 2.24) is 10.3 Å². The normalized spacial score (nSPS) is 14.6. The van der Waals surface area contributed by atoms with E-state index in [0.29, 0.717) is 17.1 Å². The average molecular weight is 275 g/mol. The molecule has 0 spiro atoms. The average Bonchev–Trinajstić information content (AvgIpc) is 3.16. The van der Waals surface area contributed by atoms with Crippen LogP contribution in [0.2, 0.25) is 0 Å². The Morgan fingerprint density at radius 1 is 1.40 bits per heavy atom. The van der Waals surface area contributed by atoms with Crippen LogP contribution >= 0.6 is 0 Å². The number of rotatable bonds is 7. The van der Waals surface area contributed by atoms with Gasteiger partial charge in [0.05, 0.1) is 5.56 Å². The zero-order valence-corrected chi connectivity index (χ0v) is 11.1. The van der Waals surface area contributed by atoms with Gasteiger partial charge in [-0.05, 0) is 44.0 Å². The summed E-state index contributed by atoms with van der Waals surface area (Å²) in [6.07, 6.45) is 3.59. The molecule has 1 aromatic carbocycles. The summed E-state index contributed by atoms with van der Waals surface area (Å²) in [6.45, 7) is 1.76. The van der Waals surface area contributed by atoms with Gasteiger partial charge in [-0.1, -0.05) is 0 Å². The largest absolute Gasteiger partial charge is 0.478 e. The number of carboxylic acid groups (broad SMARTS) is 1. The van der Waals surface area contributed by atoms with Crippen molar-refractivity contribution < 1.29 is 14.3 Å². The van der Waals surface area contributed by atoms with E-state index < -0.39 is 5.97 Å². The molecule has 2 aromatic rings. The number of hydrogen-bond donors (Lipinski definition) is 3. The highest BCUT2D eigenvalue weighted by Crippen LogP contribution is 2.20. The molecule has 0 unspecified atom stereocenters. The fourth-order valence-electron chi connectivity index (χ4n) is 2.01. The summed E-state index contributed by atoms with van der Waals surface area (Å²) in [4.78, 5) is 15.1. The summed E-state index contributed by atoms with van der Waals surface area (Å²) in [6, 6.07) is 5.84. The first-order valence-corrected chi connectivity index (χ1v) is 6.83. The van der Waals surface area contributed by atoms with Gasteiger partial charge in [0.1, 0.15) is 5.52 Å². The number of benzene rings is 1. The Morgan fingerprint density at radius 2 is 2.25 bits per heavy atom. The quantitative estimate of drug-likeness (QED) is 0.671. The maximum atomic E-state index is 10.9. The predicted octanol–water partition coefficient (Wildman–Crippen LogP) is 2.08. The third-order valence-electron chi connectivity index (χ3n) is 3.28. The van der Waals surface area contributed by atoms with E-state index >= 15 is 0 Å². The van der Waals surface area contributed by atoms with E-state index in [1.165, 1.54) is 25.0 Å². The van der Waals surface area contributed by atoms with Crippen LogP contribution in [0.25, 0.3) is 11.1 Å². The predicted molar refractivity (Wildman–Crippen MR) is 75.1 cm³/mol. The number of aromatic carboxylic acids is 1. The number of carbonyl (C=O) groups is 1. The van der Waals surface area contributed by atoms with Crippen LogP contribution in [0.15, 0.2) is 22.6 Å². The van der Waals surface area contributed by atoms with E-state index in [1.807, 2.05) is 0 Å². The van der Waals surface area contributed by atoms with E-state index in [1.54, 1.807) is 6.07 Å². The molecule has 0 saturated heterocycles. The third kappa shape index (κ3) is 3.08. The van der Waals surface area contributed by atoms with E-state index in [-0.39, 0.29) is 5.56 Å². The molecular formula is C14H17N3O3. The Morgan fingerprint density at radius 3 is 3.00 bits per heavy atom. The molecule has 1 aliphatic rings. The lowest BCUT2D eigenvalue weighted by Gasteiger charge is -2.02. The lowest BCUT2D eigenvalue weighted by atomic mass is 10.2. The van der Waals surface area contributed by atoms with Crippen LogP contribution in [0.5, 0.6) is 0 Å². The minimum atomic E-state index is -0.969. The van der Waals surface area contributed by atoms with E-state index in [9.17, 15) is 4.79 Å². The molecule has 106 valence electrons. The number of aromatic nitrogens is 1. The Hall–Kier alpha value is -2.08. The molecule has 3 rings (SSSR count). The Kier molecular flexibility index (Phi) is 3.56. The number of fused-ring (bicyclic) bond motifs is 1. The highest BCUT2D eigenvalue weighted by atomic mass is 16.4. The molecule has 1 heterocycles. The second-order valence-corrected chi connectivity index (χ2v) is 5.02. The van der Waals surface area contributed by atoms with E-state index in [2.05, 4.69) is 15.6 Å². The maximum absolute atomic E-state index is 10.9. The van der Waals surface area contributed by atoms with E-state index in [0.717, 1.165) is 25.6 Å². The summed E-state index contributed by atoms with van der Waals surface area (Å²) < 4.78 is 5.49. The third-order valence-corrected chi connectivity index (χ3v) is 3.28. The van der Waals surface area contributed by atoms with Gasteiger partial charge in [0, 0.05) is 12.6 Å². The van der Waals surface area contributed by atoms with Crippen LogP contribution < -0.4 is 10.6 Å². The minimum Gasteiger partial charge on any atom is -0.478 e. The van der Waals surface area contributed by atoms with Gasteiger partial charge in [-0.3, -0.25) is 0 Å². The first-order valence-electron chi connectivity index (χ1n) is 6.83. The topological polar surface area (TPSA) is 87.4 Å². The standard InChI is InChI=1S/C14H17N3O3/c18-13(19)9-2-5-11-12(8-9)20-14(17-11)16-7-1-6-15-10-3-4-10/h2,5,8,10,15H,1,3-4,6-7H2,(H,16,17)(H,18,19). The SMILES string of the molecule is O=C(O)c1ccc2nc(NCCCNC3CC3)oc2c1. The zero-order chi connectivity index (χ0) is 13.9. The number of hydrogen-bond acceptors (Lipinski definition) is 5. The number of nitrogens with one attached hydrogen (secondary N) is 2. The molecule has 0 amide bonds. The molecule has 0 aliphatic heterocycles. The fourth-order valence-corrected chi connectivity index (χ4v) is 2.01. The van der Waals surface area contributed by atoms with Crippen LogP contribution in [-0.2, 0) is 0 Å². The summed E-state index contributed by atoms with van der Waals surface area (Å²) in [7, 11) is 0. The molecule has 1 fully saturated rings. The molecule has 6 nitrogen and oxygen atoms in total. The molecule has 0 radical (unpaired) electrons. The van der Waals surface area contributed by atoms with E-state index in [4.69, 9.17) is 9.52 Å². The highest BCUT2D eigenvalue weighted by molar-refractivity contribution is 5.92. The zero-order valence-electron chi connectivity index (χ0n) is 11.1. The summed E-state index contributed by atoms with van der Waals surface area (Å²) in [5.41, 5.74) is 1.35. The summed E-state index contributed by atoms with van der Waals surface area (Å²) >= 11 is 0. The Bertz CT molecular complexity index is 619. The lowest BCUT2D eigenvalue weighted by molar-refractivity contribution is 0.0697. The van der Waals surface area contributed by atoms with Gasteiger partial charge in [-0.15, -0.1) is 0 Å². The van der Waals surface area contributed by atoms with Crippen molar-refractivity contribution in [3.05, 3.63) is 23.8 Å². The highest BCUT2D eigenvalue weighted by Gasteiger charge is 2.19. The number of oxazole rings is 1. The van der Waals surface area contributed by atoms with Crippen LogP contribution in [0.1, 0.15) is 29.6 Å². The molecule has 3 N–H and O–H groups in total. The number of nitrogens with zero attached hydrogens (tertiary/aromatic N) is 1. The molecule has 0 atom stereocenters. The monoisotopic (exact) mass is 275 g/mol. The van der Waals surface area contributed by atoms with Gasteiger partial charge < -0.3 is 20.2 Å². The van der Waals surface area contributed by atoms with Crippen LogP contribution in [0.3, 0.4) is 0 Å². The summed E-state index contributed by atoms with van der Waals surface area (Å²) in [5, 5.41) is 15.5. The minimum absolute atomic E-state index is 0.203. The van der Waals surface area contributed by atoms with Crippen LogP contribution in [-0.4, -0.2) is 35.2 Å². The molecule has 1 saturated carbocycles. The molecular weight excluding hydrogens is 258 g/mol. The van der Waals surface area contributed by atoms with Crippen molar-refractivity contribution in [1.29, 1.82) is 0 Å². The smallest absolute Gasteiger partial charge is 0.335 e. The molecule has 6 heteroatoms. The van der Waals surface area contributed by atoms with Crippen molar-refractivity contribution >= 4 is 23.1 Å².